The van der Waals surface area contributed by atoms with E-state index in [0.29, 0.717) is 0 Å². The Hall–Kier alpha value is -1.83. The average Bonchev–Trinajstić information content (AvgIpc) is 2.27. The van der Waals surface area contributed by atoms with Crippen molar-refractivity contribution in [1.82, 2.24) is 5.32 Å². The van der Waals surface area contributed by atoms with Crippen molar-refractivity contribution < 1.29 is 0 Å². The van der Waals surface area contributed by atoms with Crippen LogP contribution >= 0.6 is 0 Å². The molecular weight excluding hydrogens is 184 g/mol. The van der Waals surface area contributed by atoms with Crippen molar-refractivity contribution >= 4 is 11.5 Å². The zero-order chi connectivity index (χ0) is 11.1. The van der Waals surface area contributed by atoms with Crippen LogP contribution in [0.3, 0.4) is 0 Å². The van der Waals surface area contributed by atoms with Crippen molar-refractivity contribution in [3.63, 3.8) is 0 Å². The van der Waals surface area contributed by atoms with E-state index in [1.54, 1.807) is 0 Å². The van der Waals surface area contributed by atoms with E-state index in [4.69, 9.17) is 0 Å². The number of benzene rings is 1. The second kappa shape index (κ2) is 5.81. The lowest BCUT2D eigenvalue weighted by Gasteiger charge is -2.09. The van der Waals surface area contributed by atoms with Crippen LogP contribution in [-0.4, -0.2) is 5.84 Å². The van der Waals surface area contributed by atoms with Crippen LogP contribution in [0.4, 0.5) is 0 Å². The summed E-state index contributed by atoms with van der Waals surface area (Å²) in [5, 5.41) is 3.22. The largest absolute Gasteiger partial charge is 0.344 e. The van der Waals surface area contributed by atoms with Crippen LogP contribution in [0, 0.1) is 0 Å². The third-order valence-electron chi connectivity index (χ3n) is 1.97. The van der Waals surface area contributed by atoms with Crippen molar-refractivity contribution in [2.45, 2.75) is 13.8 Å². The molecule has 0 aliphatic heterocycles. The van der Waals surface area contributed by atoms with Gasteiger partial charge < -0.3 is 5.32 Å². The molecule has 0 spiro atoms. The first kappa shape index (κ1) is 11.2. The SMILES string of the molecule is C=CN=C(C)N/C(=C\C)c1ccccc1. The smallest absolute Gasteiger partial charge is 0.103 e. The molecule has 0 saturated heterocycles. The first-order chi connectivity index (χ1) is 7.27. The van der Waals surface area contributed by atoms with Crippen LogP contribution < -0.4 is 5.32 Å². The Labute approximate surface area is 91.1 Å². The van der Waals surface area contributed by atoms with Crippen molar-refractivity contribution in [1.29, 1.82) is 0 Å². The molecule has 2 nitrogen and oxygen atoms in total. The third kappa shape index (κ3) is 3.43. The molecule has 1 aromatic rings. The predicted octanol–water partition coefficient (Wildman–Crippen LogP) is 3.20. The van der Waals surface area contributed by atoms with Gasteiger partial charge in [-0.1, -0.05) is 43.0 Å². The van der Waals surface area contributed by atoms with Gasteiger partial charge in [0.1, 0.15) is 5.84 Å². The van der Waals surface area contributed by atoms with E-state index >= 15 is 0 Å². The Balaban J connectivity index is 2.84. The van der Waals surface area contributed by atoms with Gasteiger partial charge in [-0.05, 0) is 19.4 Å². The first-order valence-electron chi connectivity index (χ1n) is 4.92. The quantitative estimate of drug-likeness (QED) is 0.588. The Morgan fingerprint density at radius 2 is 2.00 bits per heavy atom. The molecule has 1 N–H and O–H groups in total. The standard InChI is InChI=1S/C13H16N2/c1-4-13(15-11(3)14-5-2)12-9-7-6-8-10-12/h4-10H,2H2,1,3H3,(H,14,15)/b13-4-. The number of amidine groups is 1. The minimum absolute atomic E-state index is 0.835. The molecule has 0 aromatic heterocycles. The van der Waals surface area contributed by atoms with Gasteiger partial charge in [0.05, 0.1) is 0 Å². The van der Waals surface area contributed by atoms with Gasteiger partial charge in [-0.3, -0.25) is 0 Å². The molecule has 0 fully saturated rings. The Kier molecular flexibility index (Phi) is 4.35. The van der Waals surface area contributed by atoms with E-state index in [0.717, 1.165) is 17.1 Å². The number of hydrogen-bond donors (Lipinski definition) is 1. The summed E-state index contributed by atoms with van der Waals surface area (Å²) >= 11 is 0. The highest BCUT2D eigenvalue weighted by molar-refractivity contribution is 5.89. The molecule has 0 heterocycles. The molecule has 0 amide bonds. The maximum absolute atomic E-state index is 4.07. The molecule has 1 rings (SSSR count). The molecule has 78 valence electrons. The molecule has 2 heteroatoms. The molecule has 0 aliphatic rings. The van der Waals surface area contributed by atoms with Gasteiger partial charge in [0, 0.05) is 11.9 Å². The van der Waals surface area contributed by atoms with Gasteiger partial charge in [0.2, 0.25) is 0 Å². The van der Waals surface area contributed by atoms with Gasteiger partial charge in [-0.15, -0.1) is 0 Å². The van der Waals surface area contributed by atoms with E-state index in [1.165, 1.54) is 6.20 Å². The second-order valence-corrected chi connectivity index (χ2v) is 3.09. The average molecular weight is 200 g/mol. The minimum atomic E-state index is 0.835. The number of aliphatic imine (C=N–C) groups is 1. The highest BCUT2D eigenvalue weighted by Gasteiger charge is 1.99. The number of nitrogens with one attached hydrogen (secondary N) is 1. The van der Waals surface area contributed by atoms with Crippen molar-refractivity contribution in [3.8, 4) is 0 Å². The summed E-state index contributed by atoms with van der Waals surface area (Å²) in [7, 11) is 0. The lowest BCUT2D eigenvalue weighted by atomic mass is 10.1. The van der Waals surface area contributed by atoms with Gasteiger partial charge in [0.25, 0.3) is 0 Å². The molecule has 15 heavy (non-hydrogen) atoms. The molecule has 0 saturated carbocycles. The van der Waals surface area contributed by atoms with Crippen LogP contribution in [0.5, 0.6) is 0 Å². The van der Waals surface area contributed by atoms with Crippen molar-refractivity contribution in [3.05, 3.63) is 54.8 Å². The summed E-state index contributed by atoms with van der Waals surface area (Å²) in [6.07, 6.45) is 3.55. The molecule has 0 radical (unpaired) electrons. The molecule has 0 unspecified atom stereocenters. The van der Waals surface area contributed by atoms with Crippen LogP contribution in [0.2, 0.25) is 0 Å². The second-order valence-electron chi connectivity index (χ2n) is 3.09. The van der Waals surface area contributed by atoms with E-state index in [2.05, 4.69) is 29.0 Å². The molecule has 0 aliphatic carbocycles. The van der Waals surface area contributed by atoms with E-state index in [-0.39, 0.29) is 0 Å². The van der Waals surface area contributed by atoms with Gasteiger partial charge in [-0.2, -0.15) is 0 Å². The van der Waals surface area contributed by atoms with Gasteiger partial charge in [-0.25, -0.2) is 4.99 Å². The van der Waals surface area contributed by atoms with Crippen LogP contribution in [-0.2, 0) is 0 Å². The number of allylic oxidation sites excluding steroid dienone is 1. The van der Waals surface area contributed by atoms with Gasteiger partial charge >= 0.3 is 0 Å². The fraction of sp³-hybridized carbons (Fsp3) is 0.154. The summed E-state index contributed by atoms with van der Waals surface area (Å²) in [4.78, 5) is 4.07. The maximum atomic E-state index is 4.07. The van der Waals surface area contributed by atoms with Crippen LogP contribution in [0.25, 0.3) is 5.70 Å². The molecule has 0 atom stereocenters. The number of nitrogens with zero attached hydrogens (tertiary/aromatic N) is 1. The first-order valence-corrected chi connectivity index (χ1v) is 4.92. The van der Waals surface area contributed by atoms with Crippen LogP contribution in [0.15, 0.2) is 54.2 Å². The van der Waals surface area contributed by atoms with Gasteiger partial charge in [0.15, 0.2) is 0 Å². The lowest BCUT2D eigenvalue weighted by molar-refractivity contribution is 1.24. The minimum Gasteiger partial charge on any atom is -0.344 e. The summed E-state index contributed by atoms with van der Waals surface area (Å²) in [5.74, 6) is 0.835. The third-order valence-corrected chi connectivity index (χ3v) is 1.97. The summed E-state index contributed by atoms with van der Waals surface area (Å²) < 4.78 is 0. The lowest BCUT2D eigenvalue weighted by Crippen LogP contribution is -2.18. The summed E-state index contributed by atoms with van der Waals surface area (Å²) in [6, 6.07) is 10.1. The fourth-order valence-electron chi connectivity index (χ4n) is 1.29. The fourth-order valence-corrected chi connectivity index (χ4v) is 1.29. The normalized spacial score (nSPS) is 12.4. The maximum Gasteiger partial charge on any atom is 0.103 e. The summed E-state index contributed by atoms with van der Waals surface area (Å²) in [6.45, 7) is 7.47. The van der Waals surface area contributed by atoms with Crippen LogP contribution in [0.1, 0.15) is 19.4 Å². The van der Waals surface area contributed by atoms with Crippen molar-refractivity contribution in [2.75, 3.05) is 0 Å². The Morgan fingerprint density at radius 3 is 2.53 bits per heavy atom. The molecule has 1 aromatic carbocycles. The topological polar surface area (TPSA) is 24.4 Å². The highest BCUT2D eigenvalue weighted by Crippen LogP contribution is 2.10. The van der Waals surface area contributed by atoms with E-state index < -0.39 is 0 Å². The highest BCUT2D eigenvalue weighted by atomic mass is 15.0. The molecule has 0 bridgehead atoms. The number of hydrogen-bond acceptors (Lipinski definition) is 1. The number of rotatable bonds is 3. The predicted molar refractivity (Wildman–Crippen MR) is 66.5 cm³/mol. The van der Waals surface area contributed by atoms with Crippen molar-refractivity contribution in [2.24, 2.45) is 4.99 Å². The Bertz CT molecular complexity index is 375. The zero-order valence-corrected chi connectivity index (χ0v) is 9.20. The van der Waals surface area contributed by atoms with E-state index in [1.807, 2.05) is 38.1 Å². The van der Waals surface area contributed by atoms with E-state index in [9.17, 15) is 0 Å². The summed E-state index contributed by atoms with van der Waals surface area (Å²) in [5.41, 5.74) is 2.21. The monoisotopic (exact) mass is 200 g/mol. The molecular formula is C13H16N2. The Morgan fingerprint density at radius 1 is 1.33 bits per heavy atom. The zero-order valence-electron chi connectivity index (χ0n) is 9.20.